The van der Waals surface area contributed by atoms with Crippen LogP contribution in [-0.4, -0.2) is 11.8 Å². The molecule has 0 heterocycles. The van der Waals surface area contributed by atoms with E-state index in [1.54, 1.807) is 24.3 Å². The molecule has 1 fully saturated rings. The molecule has 0 radical (unpaired) electrons. The zero-order chi connectivity index (χ0) is 16.1. The van der Waals surface area contributed by atoms with Gasteiger partial charge >= 0.3 is 0 Å². The average molecular weight is 306 g/mol. The first kappa shape index (κ1) is 15.0. The molecule has 1 saturated carbocycles. The Bertz CT molecular complexity index is 734. The smallest absolute Gasteiger partial charge is 0.248 e. The Kier molecular flexibility index (Phi) is 4.52. The van der Waals surface area contributed by atoms with E-state index in [-0.39, 0.29) is 17.7 Å². The Morgan fingerprint density at radius 1 is 0.913 bits per heavy atom. The minimum atomic E-state index is -0.209. The van der Waals surface area contributed by atoms with E-state index < -0.39 is 0 Å². The highest BCUT2D eigenvalue weighted by molar-refractivity contribution is 6.02. The average Bonchev–Trinajstić information content (AvgIpc) is 3.39. The fourth-order valence-corrected chi connectivity index (χ4v) is 2.18. The van der Waals surface area contributed by atoms with Crippen molar-refractivity contribution in [2.24, 2.45) is 5.92 Å². The molecule has 0 bridgehead atoms. The largest absolute Gasteiger partial charge is 0.326 e. The van der Waals surface area contributed by atoms with E-state index in [4.69, 9.17) is 0 Å². The van der Waals surface area contributed by atoms with Crippen LogP contribution in [0, 0.1) is 5.92 Å². The standard InChI is InChI=1S/C19H18N2O2/c22-18(12-9-14-5-2-1-3-6-14)20-16-7-4-8-17(13-16)21-19(23)15-10-11-15/h1-9,12-13,15H,10-11H2,(H,20,22)(H,21,23)/b12-9+. The third-order valence-electron chi connectivity index (χ3n) is 3.57. The summed E-state index contributed by atoms with van der Waals surface area (Å²) in [5, 5.41) is 5.66. The minimum absolute atomic E-state index is 0.0532. The van der Waals surface area contributed by atoms with Crippen LogP contribution in [0.15, 0.2) is 60.7 Å². The van der Waals surface area contributed by atoms with Crippen molar-refractivity contribution in [1.82, 2.24) is 0 Å². The van der Waals surface area contributed by atoms with Crippen molar-refractivity contribution in [2.45, 2.75) is 12.8 Å². The topological polar surface area (TPSA) is 58.2 Å². The molecule has 0 atom stereocenters. The molecule has 0 spiro atoms. The number of hydrogen-bond donors (Lipinski definition) is 2. The Hall–Kier alpha value is -2.88. The molecule has 0 unspecified atom stereocenters. The Morgan fingerprint density at radius 2 is 1.61 bits per heavy atom. The van der Waals surface area contributed by atoms with Gasteiger partial charge in [0.25, 0.3) is 0 Å². The van der Waals surface area contributed by atoms with Crippen LogP contribution < -0.4 is 10.6 Å². The van der Waals surface area contributed by atoms with Crippen LogP contribution >= 0.6 is 0 Å². The molecule has 2 aromatic rings. The van der Waals surface area contributed by atoms with Crippen LogP contribution in [0.25, 0.3) is 6.08 Å². The van der Waals surface area contributed by atoms with Crippen LogP contribution in [0.1, 0.15) is 18.4 Å². The molecule has 4 heteroatoms. The first-order valence-corrected chi connectivity index (χ1v) is 7.66. The highest BCUT2D eigenvalue weighted by Crippen LogP contribution is 2.30. The van der Waals surface area contributed by atoms with Gasteiger partial charge < -0.3 is 10.6 Å². The number of nitrogens with one attached hydrogen (secondary N) is 2. The lowest BCUT2D eigenvalue weighted by Crippen LogP contribution is -2.14. The molecule has 2 N–H and O–H groups in total. The van der Waals surface area contributed by atoms with Gasteiger partial charge in [0.05, 0.1) is 0 Å². The summed E-state index contributed by atoms with van der Waals surface area (Å²) < 4.78 is 0. The number of rotatable bonds is 5. The lowest BCUT2D eigenvalue weighted by molar-refractivity contribution is -0.117. The molecular weight excluding hydrogens is 288 g/mol. The van der Waals surface area contributed by atoms with Gasteiger partial charge in [-0.1, -0.05) is 36.4 Å². The molecule has 0 aliphatic heterocycles. The Balaban J connectivity index is 1.59. The highest BCUT2D eigenvalue weighted by atomic mass is 16.2. The predicted molar refractivity (Wildman–Crippen MR) is 91.9 cm³/mol. The minimum Gasteiger partial charge on any atom is -0.326 e. The predicted octanol–water partition coefficient (Wildman–Crippen LogP) is 3.69. The number of carbonyl (C=O) groups excluding carboxylic acids is 2. The van der Waals surface area contributed by atoms with Crippen LogP contribution in [0.5, 0.6) is 0 Å². The molecule has 4 nitrogen and oxygen atoms in total. The molecule has 2 aromatic carbocycles. The Labute approximate surface area is 135 Å². The fourth-order valence-electron chi connectivity index (χ4n) is 2.18. The number of carbonyl (C=O) groups is 2. The SMILES string of the molecule is O=C(/C=C/c1ccccc1)Nc1cccc(NC(=O)C2CC2)c1. The van der Waals surface area contributed by atoms with E-state index in [9.17, 15) is 9.59 Å². The van der Waals surface area contributed by atoms with Crippen molar-refractivity contribution in [2.75, 3.05) is 10.6 Å². The summed E-state index contributed by atoms with van der Waals surface area (Å²) in [6, 6.07) is 16.8. The summed E-state index contributed by atoms with van der Waals surface area (Å²) >= 11 is 0. The molecule has 1 aliphatic carbocycles. The third kappa shape index (κ3) is 4.54. The lowest BCUT2D eigenvalue weighted by atomic mass is 10.2. The number of amides is 2. The normalized spacial score (nSPS) is 13.7. The summed E-state index contributed by atoms with van der Waals surface area (Å²) in [6.45, 7) is 0. The van der Waals surface area contributed by atoms with Crippen molar-refractivity contribution in [1.29, 1.82) is 0 Å². The summed E-state index contributed by atoms with van der Waals surface area (Å²) in [5.74, 6) is -0.000902. The van der Waals surface area contributed by atoms with E-state index in [0.29, 0.717) is 11.4 Å². The van der Waals surface area contributed by atoms with Gasteiger partial charge in [-0.25, -0.2) is 0 Å². The molecule has 1 aliphatic rings. The highest BCUT2D eigenvalue weighted by Gasteiger charge is 2.29. The summed E-state index contributed by atoms with van der Waals surface area (Å²) in [7, 11) is 0. The number of anilines is 2. The maximum Gasteiger partial charge on any atom is 0.248 e. The van der Waals surface area contributed by atoms with Gasteiger partial charge in [-0.3, -0.25) is 9.59 Å². The zero-order valence-electron chi connectivity index (χ0n) is 12.7. The van der Waals surface area contributed by atoms with Crippen LogP contribution in [0.3, 0.4) is 0 Å². The molecule has 2 amide bonds. The second-order valence-electron chi connectivity index (χ2n) is 5.58. The second-order valence-corrected chi connectivity index (χ2v) is 5.58. The first-order chi connectivity index (χ1) is 11.2. The van der Waals surface area contributed by atoms with E-state index >= 15 is 0 Å². The Morgan fingerprint density at radius 3 is 2.30 bits per heavy atom. The van der Waals surface area contributed by atoms with Gasteiger partial charge in [0, 0.05) is 23.4 Å². The third-order valence-corrected chi connectivity index (χ3v) is 3.57. The van der Waals surface area contributed by atoms with Crippen LogP contribution in [0.2, 0.25) is 0 Å². The van der Waals surface area contributed by atoms with Crippen molar-refractivity contribution in [3.05, 3.63) is 66.2 Å². The van der Waals surface area contributed by atoms with Crippen LogP contribution in [0.4, 0.5) is 11.4 Å². The summed E-state index contributed by atoms with van der Waals surface area (Å²) in [5.41, 5.74) is 2.32. The summed E-state index contributed by atoms with van der Waals surface area (Å²) in [6.07, 6.45) is 5.18. The molecule has 0 aromatic heterocycles. The van der Waals surface area contributed by atoms with E-state index in [1.165, 1.54) is 6.08 Å². The summed E-state index contributed by atoms with van der Waals surface area (Å²) in [4.78, 5) is 23.7. The lowest BCUT2D eigenvalue weighted by Gasteiger charge is -2.07. The molecule has 0 saturated heterocycles. The maximum absolute atomic E-state index is 12.0. The van der Waals surface area contributed by atoms with Gasteiger partial charge in [0.15, 0.2) is 0 Å². The van der Waals surface area contributed by atoms with E-state index in [1.807, 2.05) is 36.4 Å². The molecular formula is C19H18N2O2. The van der Waals surface area contributed by atoms with E-state index in [0.717, 1.165) is 18.4 Å². The van der Waals surface area contributed by atoms with Gasteiger partial charge in [-0.05, 0) is 42.7 Å². The van der Waals surface area contributed by atoms with Crippen molar-refractivity contribution >= 4 is 29.3 Å². The second kappa shape index (κ2) is 6.92. The van der Waals surface area contributed by atoms with Crippen molar-refractivity contribution < 1.29 is 9.59 Å². The van der Waals surface area contributed by atoms with Crippen molar-refractivity contribution in [3.8, 4) is 0 Å². The number of benzene rings is 2. The monoisotopic (exact) mass is 306 g/mol. The number of hydrogen-bond acceptors (Lipinski definition) is 2. The fraction of sp³-hybridized carbons (Fsp3) is 0.158. The van der Waals surface area contributed by atoms with Gasteiger partial charge in [-0.2, -0.15) is 0 Å². The van der Waals surface area contributed by atoms with Crippen LogP contribution in [-0.2, 0) is 9.59 Å². The van der Waals surface area contributed by atoms with Gasteiger partial charge in [0.1, 0.15) is 0 Å². The van der Waals surface area contributed by atoms with Crippen molar-refractivity contribution in [3.63, 3.8) is 0 Å². The first-order valence-electron chi connectivity index (χ1n) is 7.66. The van der Waals surface area contributed by atoms with E-state index in [2.05, 4.69) is 10.6 Å². The quantitative estimate of drug-likeness (QED) is 0.828. The molecule has 23 heavy (non-hydrogen) atoms. The van der Waals surface area contributed by atoms with Gasteiger partial charge in [-0.15, -0.1) is 0 Å². The maximum atomic E-state index is 12.0. The van der Waals surface area contributed by atoms with Gasteiger partial charge in [0.2, 0.25) is 11.8 Å². The molecule has 3 rings (SSSR count). The molecule has 116 valence electrons. The zero-order valence-corrected chi connectivity index (χ0v) is 12.7.